The lowest BCUT2D eigenvalue weighted by molar-refractivity contribution is -0.122. The van der Waals surface area contributed by atoms with E-state index >= 15 is 0 Å². The number of carbonyl (C=O) groups is 1. The molecule has 1 amide bonds. The lowest BCUT2D eigenvalue weighted by Gasteiger charge is -2.13. The number of aromatic nitrogens is 2. The van der Waals surface area contributed by atoms with Gasteiger partial charge in [-0.2, -0.15) is 5.10 Å². The summed E-state index contributed by atoms with van der Waals surface area (Å²) in [5.41, 5.74) is 4.72. The maximum absolute atomic E-state index is 13.1. The smallest absolute Gasteiger partial charge is 0.266 e. The lowest BCUT2D eigenvalue weighted by atomic mass is 10.0. The Morgan fingerprint density at radius 1 is 1.12 bits per heavy atom. The summed E-state index contributed by atoms with van der Waals surface area (Å²) in [5, 5.41) is 4.92. The Bertz CT molecular complexity index is 1220. The monoisotopic (exact) mass is 491 g/mol. The third-order valence-corrected chi connectivity index (χ3v) is 7.05. The van der Waals surface area contributed by atoms with E-state index in [1.165, 1.54) is 11.8 Å². The van der Waals surface area contributed by atoms with Crippen molar-refractivity contribution in [2.24, 2.45) is 0 Å². The van der Waals surface area contributed by atoms with Gasteiger partial charge in [0.1, 0.15) is 15.8 Å². The van der Waals surface area contributed by atoms with Gasteiger partial charge < -0.3 is 4.74 Å². The minimum Gasteiger partial charge on any atom is -0.494 e. The predicted molar refractivity (Wildman–Crippen MR) is 144 cm³/mol. The Balaban J connectivity index is 1.74. The topological polar surface area (TPSA) is 47.4 Å². The highest BCUT2D eigenvalue weighted by Gasteiger charge is 2.32. The molecular formula is C27H29N3O2S2. The Morgan fingerprint density at radius 2 is 1.91 bits per heavy atom. The standard InChI is InChI=1S/C27H29N3O2S2/c1-4-6-10-15-29-26(31)24(34-27(29)33)17-20-18-30(21-11-8-7-9-12-21)28-25(20)23-14-13-22(32-5-2)16-19(23)3/h7-9,11-14,16-18H,4-6,10,15H2,1-3H3/b24-17-. The van der Waals surface area contributed by atoms with Crippen molar-refractivity contribution in [1.29, 1.82) is 0 Å². The first-order valence-corrected chi connectivity index (χ1v) is 12.9. The number of thiocarbonyl (C=S) groups is 1. The van der Waals surface area contributed by atoms with Crippen LogP contribution in [0.25, 0.3) is 23.0 Å². The number of nitrogens with zero attached hydrogens (tertiary/aromatic N) is 3. The zero-order valence-corrected chi connectivity index (χ0v) is 21.4. The third kappa shape index (κ3) is 5.26. The normalized spacial score (nSPS) is 14.9. The third-order valence-electron chi connectivity index (χ3n) is 5.67. The molecule has 2 aromatic carbocycles. The molecule has 2 heterocycles. The van der Waals surface area contributed by atoms with Crippen LogP contribution in [-0.4, -0.2) is 38.1 Å². The molecule has 0 atom stereocenters. The van der Waals surface area contributed by atoms with Gasteiger partial charge >= 0.3 is 0 Å². The van der Waals surface area contributed by atoms with E-state index in [0.29, 0.717) is 22.4 Å². The predicted octanol–water partition coefficient (Wildman–Crippen LogP) is 6.64. The van der Waals surface area contributed by atoms with Crippen LogP contribution < -0.4 is 4.74 Å². The Labute approximate surface area is 210 Å². The maximum Gasteiger partial charge on any atom is 0.266 e. The van der Waals surface area contributed by atoms with Crippen LogP contribution in [0.1, 0.15) is 44.2 Å². The van der Waals surface area contributed by atoms with Crippen LogP contribution >= 0.6 is 24.0 Å². The number of ether oxygens (including phenoxy) is 1. The first-order chi connectivity index (χ1) is 16.5. The molecule has 1 aliphatic heterocycles. The van der Waals surface area contributed by atoms with Gasteiger partial charge in [-0.25, -0.2) is 4.68 Å². The van der Waals surface area contributed by atoms with Gasteiger partial charge in [0.2, 0.25) is 0 Å². The molecule has 34 heavy (non-hydrogen) atoms. The molecular weight excluding hydrogens is 462 g/mol. The Kier molecular flexibility index (Phi) is 7.85. The molecule has 0 spiro atoms. The van der Waals surface area contributed by atoms with Crippen molar-refractivity contribution in [3.8, 4) is 22.7 Å². The van der Waals surface area contributed by atoms with Gasteiger partial charge in [0.15, 0.2) is 0 Å². The van der Waals surface area contributed by atoms with Gasteiger partial charge in [-0.15, -0.1) is 0 Å². The fraction of sp³-hybridized carbons (Fsp3) is 0.296. The highest BCUT2D eigenvalue weighted by Crippen LogP contribution is 2.36. The fourth-order valence-electron chi connectivity index (χ4n) is 3.93. The Hall–Kier alpha value is -2.90. The van der Waals surface area contributed by atoms with Crippen LogP contribution in [0.2, 0.25) is 0 Å². The van der Waals surface area contributed by atoms with E-state index < -0.39 is 0 Å². The number of thioether (sulfide) groups is 1. The second kappa shape index (κ2) is 11.0. The highest BCUT2D eigenvalue weighted by molar-refractivity contribution is 8.26. The summed E-state index contributed by atoms with van der Waals surface area (Å²) in [4.78, 5) is 15.5. The number of hydrogen-bond donors (Lipinski definition) is 0. The summed E-state index contributed by atoms with van der Waals surface area (Å²) in [5.74, 6) is 0.814. The summed E-state index contributed by atoms with van der Waals surface area (Å²) in [6.45, 7) is 7.47. The molecule has 0 aliphatic carbocycles. The molecule has 0 radical (unpaired) electrons. The number of hydrogen-bond acceptors (Lipinski definition) is 5. The van der Waals surface area contributed by atoms with Crippen molar-refractivity contribution < 1.29 is 9.53 Å². The van der Waals surface area contributed by atoms with Crippen molar-refractivity contribution >= 4 is 40.3 Å². The van der Waals surface area contributed by atoms with Gasteiger partial charge in [0, 0.05) is 23.9 Å². The molecule has 7 heteroatoms. The average molecular weight is 492 g/mol. The Morgan fingerprint density at radius 3 is 2.62 bits per heavy atom. The van der Waals surface area contributed by atoms with Gasteiger partial charge in [0.25, 0.3) is 5.91 Å². The quantitative estimate of drug-likeness (QED) is 0.191. The summed E-state index contributed by atoms with van der Waals surface area (Å²) >= 11 is 6.89. The molecule has 5 nitrogen and oxygen atoms in total. The molecule has 1 fully saturated rings. The van der Waals surface area contributed by atoms with E-state index in [1.807, 2.05) is 72.4 Å². The number of aryl methyl sites for hydroxylation is 1. The van der Waals surface area contributed by atoms with Crippen LogP contribution in [0.5, 0.6) is 5.75 Å². The maximum atomic E-state index is 13.1. The van der Waals surface area contributed by atoms with Crippen LogP contribution in [0, 0.1) is 6.92 Å². The first-order valence-electron chi connectivity index (χ1n) is 11.7. The fourth-order valence-corrected chi connectivity index (χ4v) is 5.23. The number of amides is 1. The van der Waals surface area contributed by atoms with E-state index in [9.17, 15) is 4.79 Å². The summed E-state index contributed by atoms with van der Waals surface area (Å²) < 4.78 is 8.15. The average Bonchev–Trinajstić information content (AvgIpc) is 3.36. The lowest BCUT2D eigenvalue weighted by Crippen LogP contribution is -2.28. The zero-order valence-electron chi connectivity index (χ0n) is 19.8. The van der Waals surface area contributed by atoms with Crippen LogP contribution in [0.4, 0.5) is 0 Å². The zero-order chi connectivity index (χ0) is 24.1. The van der Waals surface area contributed by atoms with Crippen LogP contribution in [-0.2, 0) is 4.79 Å². The van der Waals surface area contributed by atoms with E-state index in [0.717, 1.165) is 53.1 Å². The van der Waals surface area contributed by atoms with Crippen molar-refractivity contribution in [3.63, 3.8) is 0 Å². The first kappa shape index (κ1) is 24.2. The molecule has 4 rings (SSSR count). The molecule has 1 saturated heterocycles. The number of benzene rings is 2. The number of rotatable bonds is 9. The highest BCUT2D eigenvalue weighted by atomic mass is 32.2. The summed E-state index contributed by atoms with van der Waals surface area (Å²) in [6.07, 6.45) is 7.05. The van der Waals surface area contributed by atoms with E-state index in [4.69, 9.17) is 22.1 Å². The minimum atomic E-state index is -0.0204. The van der Waals surface area contributed by atoms with E-state index in [2.05, 4.69) is 13.8 Å². The largest absolute Gasteiger partial charge is 0.494 e. The van der Waals surface area contributed by atoms with Crippen molar-refractivity contribution in [2.45, 2.75) is 40.0 Å². The number of para-hydroxylation sites is 1. The minimum absolute atomic E-state index is 0.0204. The molecule has 0 bridgehead atoms. The molecule has 1 aromatic heterocycles. The van der Waals surface area contributed by atoms with Gasteiger partial charge in [-0.05, 0) is 62.2 Å². The van der Waals surface area contributed by atoms with Crippen LogP contribution in [0.3, 0.4) is 0 Å². The second-order valence-electron chi connectivity index (χ2n) is 8.16. The molecule has 3 aromatic rings. The summed E-state index contributed by atoms with van der Waals surface area (Å²) in [6, 6.07) is 16.0. The van der Waals surface area contributed by atoms with Crippen molar-refractivity contribution in [2.75, 3.05) is 13.2 Å². The van der Waals surface area contributed by atoms with Crippen molar-refractivity contribution in [3.05, 3.63) is 70.8 Å². The molecule has 176 valence electrons. The molecule has 0 N–H and O–H groups in total. The molecule has 0 saturated carbocycles. The number of carbonyl (C=O) groups excluding carboxylic acids is 1. The van der Waals surface area contributed by atoms with Crippen LogP contribution in [0.15, 0.2) is 59.6 Å². The van der Waals surface area contributed by atoms with Gasteiger partial charge in [-0.1, -0.05) is 61.9 Å². The molecule has 1 aliphatic rings. The van der Waals surface area contributed by atoms with Crippen molar-refractivity contribution in [1.82, 2.24) is 14.7 Å². The molecule has 0 unspecified atom stereocenters. The van der Waals surface area contributed by atoms with E-state index in [-0.39, 0.29) is 5.91 Å². The number of unbranched alkanes of at least 4 members (excludes halogenated alkanes) is 2. The summed E-state index contributed by atoms with van der Waals surface area (Å²) in [7, 11) is 0. The SMILES string of the molecule is CCCCCN1C(=O)/C(=C/c2cn(-c3ccccc3)nc2-c2ccc(OCC)cc2C)SC1=S. The van der Waals surface area contributed by atoms with Gasteiger partial charge in [0.05, 0.1) is 17.2 Å². The van der Waals surface area contributed by atoms with Gasteiger partial charge in [-0.3, -0.25) is 9.69 Å². The second-order valence-corrected chi connectivity index (χ2v) is 9.84. The van der Waals surface area contributed by atoms with E-state index in [1.54, 1.807) is 4.90 Å².